The molecule has 0 rings (SSSR count). The van der Waals surface area contributed by atoms with Crippen LogP contribution >= 0.6 is 0 Å². The van der Waals surface area contributed by atoms with Crippen LogP contribution in [0.25, 0.3) is 0 Å². The fourth-order valence-electron chi connectivity index (χ4n) is 0.954. The predicted octanol–water partition coefficient (Wildman–Crippen LogP) is -0.710. The number of nitrogens with zero attached hydrogens (tertiary/aromatic N) is 1. The van der Waals surface area contributed by atoms with Gasteiger partial charge in [-0.3, -0.25) is 0 Å². The topological polar surface area (TPSA) is 84.7 Å². The van der Waals surface area contributed by atoms with Gasteiger partial charge in [-0.25, -0.2) is 0 Å². The Balaban J connectivity index is 4.49. The van der Waals surface area contributed by atoms with Crippen LogP contribution in [0, 0.1) is 0 Å². The minimum Gasteiger partial charge on any atom is -0.383 e. The molecular formula is C7H16F3N3O3S. The van der Waals surface area contributed by atoms with E-state index in [0.29, 0.717) is 0 Å². The van der Waals surface area contributed by atoms with Crippen molar-refractivity contribution >= 4 is 10.2 Å². The number of ether oxygens (including phenoxy) is 1. The van der Waals surface area contributed by atoms with Crippen molar-refractivity contribution in [3.63, 3.8) is 0 Å². The molecule has 10 heteroatoms. The zero-order valence-electron chi connectivity index (χ0n) is 9.33. The van der Waals surface area contributed by atoms with Crippen LogP contribution in [-0.4, -0.2) is 58.8 Å². The summed E-state index contributed by atoms with van der Waals surface area (Å²) in [6.07, 6.45) is -4.59. The molecule has 0 radical (unpaired) electrons. The standard InChI is InChI=1S/C7H16F3N3O3S/c1-16-5-4-13(3-2-11)17(14,15)12-6-7(8,9)10/h12H,2-6,11H2,1H3. The van der Waals surface area contributed by atoms with Gasteiger partial charge in [0, 0.05) is 26.7 Å². The van der Waals surface area contributed by atoms with Crippen molar-refractivity contribution in [3.8, 4) is 0 Å². The average Bonchev–Trinajstić information content (AvgIpc) is 2.20. The van der Waals surface area contributed by atoms with Crippen molar-refractivity contribution < 1.29 is 26.3 Å². The number of nitrogens with two attached hydrogens (primary N) is 1. The molecule has 0 saturated carbocycles. The molecule has 0 aromatic carbocycles. The van der Waals surface area contributed by atoms with E-state index < -0.39 is 22.9 Å². The maximum atomic E-state index is 11.9. The van der Waals surface area contributed by atoms with E-state index in [1.807, 2.05) is 0 Å². The summed E-state index contributed by atoms with van der Waals surface area (Å²) >= 11 is 0. The highest BCUT2D eigenvalue weighted by molar-refractivity contribution is 7.87. The molecule has 0 amide bonds. The first-order valence-corrected chi connectivity index (χ1v) is 6.17. The summed E-state index contributed by atoms with van der Waals surface area (Å²) in [5.74, 6) is 0. The molecule has 0 fully saturated rings. The monoisotopic (exact) mass is 279 g/mol. The predicted molar refractivity (Wildman–Crippen MR) is 55.5 cm³/mol. The first kappa shape index (κ1) is 16.6. The molecule has 0 spiro atoms. The molecule has 0 aliphatic rings. The summed E-state index contributed by atoms with van der Waals surface area (Å²) < 4.78 is 65.6. The lowest BCUT2D eigenvalue weighted by Crippen LogP contribution is -2.47. The van der Waals surface area contributed by atoms with Crippen molar-refractivity contribution in [3.05, 3.63) is 0 Å². The molecule has 3 N–H and O–H groups in total. The minimum atomic E-state index is -4.59. The first-order valence-electron chi connectivity index (χ1n) is 4.73. The van der Waals surface area contributed by atoms with Crippen molar-refractivity contribution in [2.45, 2.75) is 6.18 Å². The molecule has 0 heterocycles. The van der Waals surface area contributed by atoms with E-state index in [4.69, 9.17) is 5.73 Å². The summed E-state index contributed by atoms with van der Waals surface area (Å²) in [6.45, 7) is -1.65. The van der Waals surface area contributed by atoms with Crippen LogP contribution in [0.4, 0.5) is 13.2 Å². The molecule has 0 bridgehead atoms. The molecule has 6 nitrogen and oxygen atoms in total. The van der Waals surface area contributed by atoms with E-state index in [1.165, 1.54) is 11.8 Å². The Kier molecular flexibility index (Phi) is 6.94. The highest BCUT2D eigenvalue weighted by Crippen LogP contribution is 2.13. The Bertz CT molecular complexity index is 307. The van der Waals surface area contributed by atoms with E-state index in [-0.39, 0.29) is 26.2 Å². The Morgan fingerprint density at radius 2 is 1.94 bits per heavy atom. The molecule has 0 aromatic rings. The summed E-state index contributed by atoms with van der Waals surface area (Å²) in [5.41, 5.74) is 5.18. The Labute approximate surface area is 98.1 Å². The lowest BCUT2D eigenvalue weighted by Gasteiger charge is -2.21. The summed E-state index contributed by atoms with van der Waals surface area (Å²) in [5, 5.41) is 0. The Morgan fingerprint density at radius 1 is 1.35 bits per heavy atom. The molecule has 0 unspecified atom stereocenters. The maximum absolute atomic E-state index is 11.9. The van der Waals surface area contributed by atoms with Crippen LogP contribution in [0.1, 0.15) is 0 Å². The van der Waals surface area contributed by atoms with Gasteiger partial charge in [-0.2, -0.15) is 30.6 Å². The van der Waals surface area contributed by atoms with Gasteiger partial charge >= 0.3 is 6.18 Å². The van der Waals surface area contributed by atoms with E-state index in [0.717, 1.165) is 4.31 Å². The second-order valence-corrected chi connectivity index (χ2v) is 4.88. The van der Waals surface area contributed by atoms with Gasteiger partial charge in [0.1, 0.15) is 6.54 Å². The Morgan fingerprint density at radius 3 is 2.35 bits per heavy atom. The van der Waals surface area contributed by atoms with Crippen LogP contribution in [-0.2, 0) is 14.9 Å². The van der Waals surface area contributed by atoms with Gasteiger partial charge in [0.05, 0.1) is 6.61 Å². The summed E-state index contributed by atoms with van der Waals surface area (Å²) in [7, 11) is -2.83. The maximum Gasteiger partial charge on any atom is 0.402 e. The minimum absolute atomic E-state index is 0.0106. The van der Waals surface area contributed by atoms with Crippen molar-refractivity contribution in [2.75, 3.05) is 39.9 Å². The normalized spacial score (nSPS) is 13.3. The van der Waals surface area contributed by atoms with E-state index in [2.05, 4.69) is 4.74 Å². The molecule has 104 valence electrons. The number of rotatable bonds is 8. The first-order chi connectivity index (χ1) is 7.73. The third-order valence-corrected chi connectivity index (χ3v) is 3.27. The van der Waals surface area contributed by atoms with Crippen molar-refractivity contribution in [1.29, 1.82) is 0 Å². The number of methoxy groups -OCH3 is 1. The SMILES string of the molecule is COCCN(CCN)S(=O)(=O)NCC(F)(F)F. The molecule has 17 heavy (non-hydrogen) atoms. The average molecular weight is 279 g/mol. The highest BCUT2D eigenvalue weighted by Gasteiger charge is 2.31. The van der Waals surface area contributed by atoms with Crippen LogP contribution in [0.15, 0.2) is 0 Å². The lowest BCUT2D eigenvalue weighted by atomic mass is 10.6. The molecule has 0 saturated heterocycles. The highest BCUT2D eigenvalue weighted by atomic mass is 32.2. The van der Waals surface area contributed by atoms with E-state index >= 15 is 0 Å². The zero-order valence-corrected chi connectivity index (χ0v) is 10.1. The lowest BCUT2D eigenvalue weighted by molar-refractivity contribution is -0.121. The molecule has 0 atom stereocenters. The van der Waals surface area contributed by atoms with Gasteiger partial charge in [0.25, 0.3) is 10.2 Å². The number of halogens is 3. The van der Waals surface area contributed by atoms with E-state index in [1.54, 1.807) is 0 Å². The van der Waals surface area contributed by atoms with Crippen LogP contribution < -0.4 is 10.5 Å². The number of hydrogen-bond acceptors (Lipinski definition) is 4. The second kappa shape index (κ2) is 7.11. The number of hydrogen-bond donors (Lipinski definition) is 2. The second-order valence-electron chi connectivity index (χ2n) is 3.12. The fraction of sp³-hybridized carbons (Fsp3) is 1.00. The van der Waals surface area contributed by atoms with Crippen molar-refractivity contribution in [2.24, 2.45) is 5.73 Å². The zero-order chi connectivity index (χ0) is 13.5. The number of alkyl halides is 3. The third-order valence-electron chi connectivity index (χ3n) is 1.72. The van der Waals surface area contributed by atoms with Gasteiger partial charge < -0.3 is 10.5 Å². The molecular weight excluding hydrogens is 263 g/mol. The number of nitrogens with one attached hydrogen (secondary N) is 1. The van der Waals surface area contributed by atoms with Gasteiger partial charge in [0.2, 0.25) is 0 Å². The summed E-state index contributed by atoms with van der Waals surface area (Å²) in [6, 6.07) is 0. The third kappa shape index (κ3) is 7.49. The summed E-state index contributed by atoms with van der Waals surface area (Å²) in [4.78, 5) is 0. The smallest absolute Gasteiger partial charge is 0.383 e. The van der Waals surface area contributed by atoms with Gasteiger partial charge in [-0.1, -0.05) is 0 Å². The Hall–Kier alpha value is -0.420. The molecule has 0 aromatic heterocycles. The van der Waals surface area contributed by atoms with Crippen LogP contribution in [0.5, 0.6) is 0 Å². The van der Waals surface area contributed by atoms with Gasteiger partial charge in [0.15, 0.2) is 0 Å². The fourth-order valence-corrected chi connectivity index (χ4v) is 2.14. The van der Waals surface area contributed by atoms with Crippen molar-refractivity contribution in [1.82, 2.24) is 9.03 Å². The molecule has 0 aliphatic heterocycles. The van der Waals surface area contributed by atoms with E-state index in [9.17, 15) is 21.6 Å². The molecule has 0 aliphatic carbocycles. The van der Waals surface area contributed by atoms with Crippen LogP contribution in [0.3, 0.4) is 0 Å². The van der Waals surface area contributed by atoms with Gasteiger partial charge in [-0.15, -0.1) is 0 Å². The van der Waals surface area contributed by atoms with Gasteiger partial charge in [-0.05, 0) is 0 Å². The van der Waals surface area contributed by atoms with Crippen LogP contribution in [0.2, 0.25) is 0 Å². The quantitative estimate of drug-likeness (QED) is 0.615. The largest absolute Gasteiger partial charge is 0.402 e.